The van der Waals surface area contributed by atoms with Gasteiger partial charge in [0.2, 0.25) is 21.1 Å². The SMILES string of the molecule is CC(C(=O)Nc1nnc(-c2ccc(Cl)cc2)s1)N(c1ccc(Oc2ccccc2)cc1)S(C)(=O)=O. The Balaban J connectivity index is 1.49. The lowest BCUT2D eigenvalue weighted by atomic mass is 10.2. The molecule has 0 saturated heterocycles. The molecular weight excluding hydrogens is 508 g/mol. The molecule has 0 spiro atoms. The molecule has 1 heterocycles. The number of amides is 1. The lowest BCUT2D eigenvalue weighted by Gasteiger charge is -2.28. The maximum Gasteiger partial charge on any atom is 0.249 e. The summed E-state index contributed by atoms with van der Waals surface area (Å²) >= 11 is 7.09. The molecule has 4 rings (SSSR count). The van der Waals surface area contributed by atoms with Gasteiger partial charge in [-0.05, 0) is 55.5 Å². The van der Waals surface area contributed by atoms with E-state index in [2.05, 4.69) is 15.5 Å². The molecule has 0 aliphatic heterocycles. The molecule has 0 fully saturated rings. The fourth-order valence-corrected chi connectivity index (χ4v) is 5.34. The number of rotatable bonds is 8. The molecule has 1 N–H and O–H groups in total. The molecule has 11 heteroatoms. The Morgan fingerprint density at radius 3 is 2.23 bits per heavy atom. The zero-order chi connectivity index (χ0) is 25.0. The third-order valence-corrected chi connectivity index (χ3v) is 7.29. The highest BCUT2D eigenvalue weighted by molar-refractivity contribution is 7.92. The number of hydrogen-bond donors (Lipinski definition) is 1. The molecule has 1 aromatic heterocycles. The van der Waals surface area contributed by atoms with E-state index < -0.39 is 22.0 Å². The minimum Gasteiger partial charge on any atom is -0.457 e. The van der Waals surface area contributed by atoms with E-state index in [0.29, 0.717) is 27.2 Å². The van der Waals surface area contributed by atoms with E-state index in [-0.39, 0.29) is 5.13 Å². The van der Waals surface area contributed by atoms with Gasteiger partial charge in [0.1, 0.15) is 22.5 Å². The molecule has 180 valence electrons. The number of ether oxygens (including phenoxy) is 1. The van der Waals surface area contributed by atoms with Crippen molar-refractivity contribution in [1.82, 2.24) is 10.2 Å². The second-order valence-electron chi connectivity index (χ2n) is 7.55. The van der Waals surface area contributed by atoms with Gasteiger partial charge in [0, 0.05) is 10.6 Å². The number of nitrogens with one attached hydrogen (secondary N) is 1. The monoisotopic (exact) mass is 528 g/mol. The van der Waals surface area contributed by atoms with Crippen LogP contribution in [0.3, 0.4) is 0 Å². The number of aromatic nitrogens is 2. The average Bonchev–Trinajstić information content (AvgIpc) is 3.29. The summed E-state index contributed by atoms with van der Waals surface area (Å²) in [4.78, 5) is 13.0. The number of nitrogens with zero attached hydrogens (tertiary/aromatic N) is 3. The molecule has 0 saturated carbocycles. The molecule has 1 unspecified atom stereocenters. The van der Waals surface area contributed by atoms with Gasteiger partial charge < -0.3 is 4.74 Å². The average molecular weight is 529 g/mol. The van der Waals surface area contributed by atoms with Crippen LogP contribution in [0.5, 0.6) is 11.5 Å². The fourth-order valence-electron chi connectivity index (χ4n) is 3.29. The fraction of sp³-hybridized carbons (Fsp3) is 0.125. The largest absolute Gasteiger partial charge is 0.457 e. The van der Waals surface area contributed by atoms with Crippen LogP contribution in [0.4, 0.5) is 10.8 Å². The second kappa shape index (κ2) is 10.4. The number of halogens is 1. The van der Waals surface area contributed by atoms with E-state index in [9.17, 15) is 13.2 Å². The maximum absolute atomic E-state index is 13.0. The summed E-state index contributed by atoms with van der Waals surface area (Å²) in [5, 5.41) is 12.2. The minimum atomic E-state index is -3.78. The smallest absolute Gasteiger partial charge is 0.249 e. The Kier molecular flexibility index (Phi) is 7.34. The lowest BCUT2D eigenvalue weighted by Crippen LogP contribution is -2.45. The Bertz CT molecular complexity index is 1410. The normalized spacial score (nSPS) is 12.1. The molecule has 35 heavy (non-hydrogen) atoms. The number of hydrogen-bond acceptors (Lipinski definition) is 7. The van der Waals surface area contributed by atoms with Crippen LogP contribution in [-0.2, 0) is 14.8 Å². The van der Waals surface area contributed by atoms with Gasteiger partial charge in [0.05, 0.1) is 11.9 Å². The van der Waals surface area contributed by atoms with E-state index >= 15 is 0 Å². The number of anilines is 2. The van der Waals surface area contributed by atoms with Crippen LogP contribution in [0.25, 0.3) is 10.6 Å². The summed E-state index contributed by atoms with van der Waals surface area (Å²) in [5.41, 5.74) is 1.13. The van der Waals surface area contributed by atoms with Gasteiger partial charge in [-0.1, -0.05) is 53.3 Å². The van der Waals surface area contributed by atoms with Crippen LogP contribution < -0.4 is 14.4 Å². The van der Waals surface area contributed by atoms with Crippen molar-refractivity contribution in [3.8, 4) is 22.1 Å². The summed E-state index contributed by atoms with van der Waals surface area (Å²) < 4.78 is 32.0. The Morgan fingerprint density at radius 2 is 1.60 bits per heavy atom. The first-order valence-electron chi connectivity index (χ1n) is 10.4. The van der Waals surface area contributed by atoms with Crippen molar-refractivity contribution in [2.45, 2.75) is 13.0 Å². The zero-order valence-corrected chi connectivity index (χ0v) is 21.1. The standard InChI is InChI=1S/C24H21ClN4O4S2/c1-16(22(30)26-24-28-27-23(34-24)17-8-10-18(25)11-9-17)29(35(2,31)32)19-12-14-21(15-13-19)33-20-6-4-3-5-7-20/h3-16H,1-2H3,(H,26,28,30). The van der Waals surface area contributed by atoms with E-state index in [1.807, 2.05) is 30.3 Å². The topological polar surface area (TPSA) is 101 Å². The Morgan fingerprint density at radius 1 is 0.971 bits per heavy atom. The molecule has 0 aliphatic carbocycles. The van der Waals surface area contributed by atoms with Crippen molar-refractivity contribution in [2.24, 2.45) is 0 Å². The van der Waals surface area contributed by atoms with Gasteiger partial charge in [-0.25, -0.2) is 8.42 Å². The summed E-state index contributed by atoms with van der Waals surface area (Å²) in [6, 6.07) is 21.7. The van der Waals surface area contributed by atoms with Crippen LogP contribution in [0.1, 0.15) is 6.92 Å². The Hall–Kier alpha value is -3.47. The molecule has 1 atom stereocenters. The molecule has 0 radical (unpaired) electrons. The predicted molar refractivity (Wildman–Crippen MR) is 139 cm³/mol. The van der Waals surface area contributed by atoms with E-state index in [4.69, 9.17) is 16.3 Å². The van der Waals surface area contributed by atoms with Crippen LogP contribution in [0.15, 0.2) is 78.9 Å². The highest BCUT2D eigenvalue weighted by atomic mass is 35.5. The Labute approximate surface area is 212 Å². The third-order valence-electron chi connectivity index (χ3n) is 4.90. The second-order valence-corrected chi connectivity index (χ2v) is 10.8. The van der Waals surface area contributed by atoms with Crippen LogP contribution in [0, 0.1) is 0 Å². The molecular formula is C24H21ClN4O4S2. The van der Waals surface area contributed by atoms with E-state index in [1.54, 1.807) is 48.5 Å². The number of carbonyl (C=O) groups excluding carboxylic acids is 1. The molecule has 1 amide bonds. The van der Waals surface area contributed by atoms with Gasteiger partial charge in [-0.15, -0.1) is 10.2 Å². The third kappa shape index (κ3) is 6.16. The molecule has 3 aromatic carbocycles. The molecule has 4 aromatic rings. The van der Waals surface area contributed by atoms with Crippen molar-refractivity contribution in [2.75, 3.05) is 15.9 Å². The zero-order valence-electron chi connectivity index (χ0n) is 18.8. The van der Waals surface area contributed by atoms with Gasteiger partial charge in [0.15, 0.2) is 0 Å². The van der Waals surface area contributed by atoms with Crippen molar-refractivity contribution in [1.29, 1.82) is 0 Å². The highest BCUT2D eigenvalue weighted by Gasteiger charge is 2.30. The molecule has 0 bridgehead atoms. The van der Waals surface area contributed by atoms with Crippen molar-refractivity contribution in [3.63, 3.8) is 0 Å². The van der Waals surface area contributed by atoms with E-state index in [0.717, 1.165) is 16.1 Å². The molecule has 0 aliphatic rings. The molecule has 8 nitrogen and oxygen atoms in total. The number of carbonyl (C=O) groups is 1. The summed E-state index contributed by atoms with van der Waals surface area (Å²) in [5.74, 6) is 0.649. The first-order valence-corrected chi connectivity index (χ1v) is 13.5. The van der Waals surface area contributed by atoms with Crippen molar-refractivity contribution >= 4 is 49.7 Å². The number of sulfonamides is 1. The summed E-state index contributed by atoms with van der Waals surface area (Å²) in [6.45, 7) is 1.51. The predicted octanol–water partition coefficient (Wildman–Crippen LogP) is 5.44. The summed E-state index contributed by atoms with van der Waals surface area (Å²) in [6.07, 6.45) is 1.05. The van der Waals surface area contributed by atoms with Gasteiger partial charge in [-0.2, -0.15) is 0 Å². The minimum absolute atomic E-state index is 0.256. The summed E-state index contributed by atoms with van der Waals surface area (Å²) in [7, 11) is -3.78. The first kappa shape index (κ1) is 24.6. The number of para-hydroxylation sites is 1. The number of benzene rings is 3. The van der Waals surface area contributed by atoms with Crippen molar-refractivity contribution < 1.29 is 17.9 Å². The van der Waals surface area contributed by atoms with Crippen molar-refractivity contribution in [3.05, 3.63) is 83.9 Å². The maximum atomic E-state index is 13.0. The van der Waals surface area contributed by atoms with Crippen LogP contribution in [-0.4, -0.2) is 36.8 Å². The van der Waals surface area contributed by atoms with Gasteiger partial charge in [-0.3, -0.25) is 14.4 Å². The first-order chi connectivity index (χ1) is 16.7. The quantitative estimate of drug-likeness (QED) is 0.326. The lowest BCUT2D eigenvalue weighted by molar-refractivity contribution is -0.116. The van der Waals surface area contributed by atoms with Crippen LogP contribution in [0.2, 0.25) is 5.02 Å². The van der Waals surface area contributed by atoms with E-state index in [1.165, 1.54) is 18.3 Å². The van der Waals surface area contributed by atoms with Gasteiger partial charge >= 0.3 is 0 Å². The van der Waals surface area contributed by atoms with Crippen LogP contribution >= 0.6 is 22.9 Å². The highest BCUT2D eigenvalue weighted by Crippen LogP contribution is 2.29. The van der Waals surface area contributed by atoms with Gasteiger partial charge in [0.25, 0.3) is 0 Å².